The molecule has 1 N–H and O–H groups in total. The van der Waals surface area contributed by atoms with Crippen molar-refractivity contribution in [1.82, 2.24) is 0 Å². The quantitative estimate of drug-likeness (QED) is 0.912. The zero-order valence-electron chi connectivity index (χ0n) is 12.0. The van der Waals surface area contributed by atoms with Crippen LogP contribution >= 0.6 is 0 Å². The van der Waals surface area contributed by atoms with Crippen molar-refractivity contribution in [1.29, 1.82) is 0 Å². The summed E-state index contributed by atoms with van der Waals surface area (Å²) in [4.78, 5) is 11.4. The van der Waals surface area contributed by atoms with Gasteiger partial charge in [0.25, 0.3) is 5.91 Å². The second-order valence-electron chi connectivity index (χ2n) is 5.08. The van der Waals surface area contributed by atoms with E-state index in [-0.39, 0.29) is 18.3 Å². The molecule has 0 radical (unpaired) electrons. The molecule has 0 spiro atoms. The minimum atomic E-state index is -4.74. The average molecular weight is 323 g/mol. The molecule has 0 bridgehead atoms. The lowest BCUT2D eigenvalue weighted by atomic mass is 10.0. The van der Waals surface area contributed by atoms with Gasteiger partial charge in [0.15, 0.2) is 6.61 Å². The molecule has 0 atom stereocenters. The number of carbonyl (C=O) groups is 1. The van der Waals surface area contributed by atoms with Gasteiger partial charge in [-0.05, 0) is 47.9 Å². The van der Waals surface area contributed by atoms with Crippen molar-refractivity contribution < 1.29 is 27.4 Å². The lowest BCUT2D eigenvalue weighted by Gasteiger charge is -2.21. The highest BCUT2D eigenvalue weighted by Crippen LogP contribution is 2.37. The highest BCUT2D eigenvalue weighted by atomic mass is 19.4. The van der Waals surface area contributed by atoms with Crippen LogP contribution in [0.1, 0.15) is 5.56 Å². The first kappa shape index (κ1) is 15.2. The van der Waals surface area contributed by atoms with Crippen molar-refractivity contribution in [3.8, 4) is 22.6 Å². The normalized spacial score (nSPS) is 13.8. The van der Waals surface area contributed by atoms with E-state index in [0.717, 1.165) is 5.56 Å². The lowest BCUT2D eigenvalue weighted by molar-refractivity contribution is -0.274. The fraction of sp³-hybridized carbons (Fsp3) is 0.188. The summed E-state index contributed by atoms with van der Waals surface area (Å²) >= 11 is 0. The van der Waals surface area contributed by atoms with Gasteiger partial charge in [0.2, 0.25) is 0 Å². The first-order chi connectivity index (χ1) is 10.8. The summed E-state index contributed by atoms with van der Waals surface area (Å²) in [7, 11) is 0. The molecule has 2 aromatic rings. The van der Waals surface area contributed by atoms with Gasteiger partial charge >= 0.3 is 6.36 Å². The standard InChI is InChI=1S/C16H12F3NO3/c1-9-5-11(7-13-15(9)22-8-14(21)20-13)10-3-2-4-12(6-10)23-16(17,18)19/h2-7H,8H2,1H3,(H,20,21). The van der Waals surface area contributed by atoms with Crippen LogP contribution in [0, 0.1) is 6.92 Å². The molecule has 4 nitrogen and oxygen atoms in total. The third kappa shape index (κ3) is 3.39. The Morgan fingerprint density at radius 2 is 1.96 bits per heavy atom. The van der Waals surface area contributed by atoms with E-state index in [1.165, 1.54) is 18.2 Å². The fourth-order valence-electron chi connectivity index (χ4n) is 2.42. The highest BCUT2D eigenvalue weighted by molar-refractivity contribution is 5.96. The first-order valence-electron chi connectivity index (χ1n) is 6.75. The average Bonchev–Trinajstić information content (AvgIpc) is 2.45. The molecule has 2 aromatic carbocycles. The van der Waals surface area contributed by atoms with E-state index < -0.39 is 6.36 Å². The van der Waals surface area contributed by atoms with E-state index in [4.69, 9.17) is 4.74 Å². The van der Waals surface area contributed by atoms with Gasteiger partial charge in [-0.25, -0.2) is 0 Å². The number of ether oxygens (including phenoxy) is 2. The van der Waals surface area contributed by atoms with Crippen LogP contribution in [-0.4, -0.2) is 18.9 Å². The third-order valence-corrected chi connectivity index (χ3v) is 3.30. The Morgan fingerprint density at radius 3 is 2.70 bits per heavy atom. The maximum Gasteiger partial charge on any atom is 0.573 e. The molecule has 3 rings (SSSR count). The smallest absolute Gasteiger partial charge is 0.481 e. The number of benzene rings is 2. The van der Waals surface area contributed by atoms with Crippen molar-refractivity contribution in [2.45, 2.75) is 13.3 Å². The largest absolute Gasteiger partial charge is 0.573 e. The molecule has 120 valence electrons. The van der Waals surface area contributed by atoms with Crippen molar-refractivity contribution in [2.24, 2.45) is 0 Å². The molecule has 0 aromatic heterocycles. The Bertz CT molecular complexity index is 772. The van der Waals surface area contributed by atoms with Crippen LogP contribution in [0.3, 0.4) is 0 Å². The van der Waals surface area contributed by atoms with Gasteiger partial charge < -0.3 is 14.8 Å². The van der Waals surface area contributed by atoms with E-state index >= 15 is 0 Å². The summed E-state index contributed by atoms with van der Waals surface area (Å²) in [6, 6.07) is 9.10. The van der Waals surface area contributed by atoms with Gasteiger partial charge in [-0.3, -0.25) is 4.79 Å². The van der Waals surface area contributed by atoms with Crippen molar-refractivity contribution >= 4 is 11.6 Å². The Hall–Kier alpha value is -2.70. The number of hydrogen-bond donors (Lipinski definition) is 1. The van der Waals surface area contributed by atoms with Crippen molar-refractivity contribution in [2.75, 3.05) is 11.9 Å². The number of aryl methyl sites for hydroxylation is 1. The predicted octanol–water partition coefficient (Wildman–Crippen LogP) is 3.89. The molecule has 7 heteroatoms. The Labute approximate surface area is 129 Å². The summed E-state index contributed by atoms with van der Waals surface area (Å²) in [6.07, 6.45) is -4.74. The minimum absolute atomic E-state index is 0.0535. The molecule has 0 fully saturated rings. The van der Waals surface area contributed by atoms with Gasteiger partial charge in [-0.15, -0.1) is 13.2 Å². The summed E-state index contributed by atoms with van der Waals surface area (Å²) in [5.41, 5.74) is 2.47. The number of hydrogen-bond acceptors (Lipinski definition) is 3. The molecule has 1 heterocycles. The van der Waals surface area contributed by atoms with Crippen LogP contribution < -0.4 is 14.8 Å². The van der Waals surface area contributed by atoms with Crippen LogP contribution in [-0.2, 0) is 4.79 Å². The topological polar surface area (TPSA) is 47.6 Å². The van der Waals surface area contributed by atoms with Gasteiger partial charge in [-0.1, -0.05) is 12.1 Å². The molecular weight excluding hydrogens is 311 g/mol. The van der Waals surface area contributed by atoms with Crippen LogP contribution in [0.5, 0.6) is 11.5 Å². The molecule has 0 saturated heterocycles. The lowest BCUT2D eigenvalue weighted by Crippen LogP contribution is -2.25. The van der Waals surface area contributed by atoms with E-state index in [1.54, 1.807) is 25.1 Å². The first-order valence-corrected chi connectivity index (χ1v) is 6.75. The minimum Gasteiger partial charge on any atom is -0.481 e. The molecule has 0 saturated carbocycles. The summed E-state index contributed by atoms with van der Waals surface area (Å²) in [6.45, 7) is 1.75. The Balaban J connectivity index is 1.99. The number of halogens is 3. The zero-order valence-corrected chi connectivity index (χ0v) is 12.0. The van der Waals surface area contributed by atoms with Crippen LogP contribution in [0.15, 0.2) is 36.4 Å². The second kappa shape index (κ2) is 5.49. The van der Waals surface area contributed by atoms with Crippen LogP contribution in [0.2, 0.25) is 0 Å². The molecule has 1 aliphatic rings. The predicted molar refractivity (Wildman–Crippen MR) is 77.4 cm³/mol. The van der Waals surface area contributed by atoms with Crippen LogP contribution in [0.25, 0.3) is 11.1 Å². The molecule has 0 unspecified atom stereocenters. The summed E-state index contributed by atoms with van der Waals surface area (Å²) < 4.78 is 46.3. The molecule has 1 amide bonds. The zero-order chi connectivity index (χ0) is 16.6. The number of rotatable bonds is 2. The number of anilines is 1. The summed E-state index contributed by atoms with van der Waals surface area (Å²) in [5, 5.41) is 2.69. The third-order valence-electron chi connectivity index (χ3n) is 3.30. The van der Waals surface area contributed by atoms with Crippen molar-refractivity contribution in [3.63, 3.8) is 0 Å². The number of nitrogens with one attached hydrogen (secondary N) is 1. The monoisotopic (exact) mass is 323 g/mol. The number of amides is 1. The number of fused-ring (bicyclic) bond motifs is 1. The van der Waals surface area contributed by atoms with Crippen molar-refractivity contribution in [3.05, 3.63) is 42.0 Å². The van der Waals surface area contributed by atoms with Gasteiger partial charge in [0.1, 0.15) is 11.5 Å². The summed E-state index contributed by atoms with van der Waals surface area (Å²) in [5.74, 6) is -0.00934. The number of carbonyl (C=O) groups excluding carboxylic acids is 1. The molecule has 0 aliphatic carbocycles. The second-order valence-corrected chi connectivity index (χ2v) is 5.08. The van der Waals surface area contributed by atoms with Gasteiger partial charge in [-0.2, -0.15) is 0 Å². The van der Waals surface area contributed by atoms with E-state index in [1.807, 2.05) is 0 Å². The Morgan fingerprint density at radius 1 is 1.17 bits per heavy atom. The Kier molecular flexibility index (Phi) is 3.63. The number of alkyl halides is 3. The van der Waals surface area contributed by atoms with Crippen LogP contribution in [0.4, 0.5) is 18.9 Å². The molecule has 23 heavy (non-hydrogen) atoms. The van der Waals surface area contributed by atoms with E-state index in [9.17, 15) is 18.0 Å². The van der Waals surface area contributed by atoms with E-state index in [2.05, 4.69) is 10.1 Å². The highest BCUT2D eigenvalue weighted by Gasteiger charge is 2.31. The SMILES string of the molecule is Cc1cc(-c2cccc(OC(F)(F)F)c2)cc2c1OCC(=O)N2. The maximum absolute atomic E-state index is 12.3. The molecule has 1 aliphatic heterocycles. The van der Waals surface area contributed by atoms with Gasteiger partial charge in [0.05, 0.1) is 5.69 Å². The van der Waals surface area contributed by atoms with Gasteiger partial charge in [0, 0.05) is 0 Å². The van der Waals surface area contributed by atoms with E-state index in [0.29, 0.717) is 22.6 Å². The fourth-order valence-corrected chi connectivity index (χ4v) is 2.42. The molecular formula is C16H12F3NO3. The maximum atomic E-state index is 12.3.